The van der Waals surface area contributed by atoms with Crippen LogP contribution in [0.3, 0.4) is 0 Å². The van der Waals surface area contributed by atoms with Gasteiger partial charge in [0, 0.05) is 76.0 Å². The Bertz CT molecular complexity index is 1420. The summed E-state index contributed by atoms with van der Waals surface area (Å²) in [6.07, 6.45) is 44.6. The molecular weight excluding hydrogens is 813 g/mol. The summed E-state index contributed by atoms with van der Waals surface area (Å²) in [6, 6.07) is 12.2. The highest BCUT2D eigenvalue weighted by atomic mass is 16.5. The molecule has 0 aromatic heterocycles. The van der Waals surface area contributed by atoms with Gasteiger partial charge in [0.25, 0.3) is 0 Å². The second kappa shape index (κ2) is 39.3. The first-order valence-electron chi connectivity index (χ1n) is 28.4. The van der Waals surface area contributed by atoms with E-state index in [1.54, 1.807) is 0 Å². The topological polar surface area (TPSA) is 79.0 Å². The molecule has 8 heteroatoms. The van der Waals surface area contributed by atoms with Gasteiger partial charge in [0.05, 0.1) is 0 Å². The van der Waals surface area contributed by atoms with E-state index >= 15 is 0 Å². The molecule has 0 aliphatic carbocycles. The van der Waals surface area contributed by atoms with Crippen molar-refractivity contribution >= 4 is 11.4 Å². The number of ether oxygens (including phenoxy) is 2. The number of hydrogen-bond acceptors (Lipinski definition) is 8. The van der Waals surface area contributed by atoms with Gasteiger partial charge in [-0.3, -0.25) is 9.80 Å². The van der Waals surface area contributed by atoms with Crippen LogP contribution in [-0.4, -0.2) is 97.6 Å². The van der Waals surface area contributed by atoms with Crippen molar-refractivity contribution in [1.82, 2.24) is 19.6 Å². The van der Waals surface area contributed by atoms with Crippen LogP contribution in [0.25, 0.3) is 11.4 Å². The van der Waals surface area contributed by atoms with E-state index in [1.807, 2.05) is 12.1 Å². The number of rotatable bonds is 40. The van der Waals surface area contributed by atoms with Gasteiger partial charge in [0.15, 0.2) is 0 Å². The Hall–Kier alpha value is -2.62. The van der Waals surface area contributed by atoms with Gasteiger partial charge in [0.1, 0.15) is 36.0 Å². The van der Waals surface area contributed by atoms with E-state index in [2.05, 4.69) is 71.6 Å². The highest BCUT2D eigenvalue weighted by Gasteiger charge is 2.29. The Morgan fingerprint density at radius 2 is 0.667 bits per heavy atom. The zero-order chi connectivity index (χ0) is 47.1. The molecule has 2 aliphatic heterocycles. The van der Waals surface area contributed by atoms with Gasteiger partial charge in [-0.2, -0.15) is 10.5 Å². The van der Waals surface area contributed by atoms with Crippen LogP contribution in [0.1, 0.15) is 233 Å². The van der Waals surface area contributed by atoms with Gasteiger partial charge in [-0.25, -0.2) is 0 Å². The van der Waals surface area contributed by atoms with Gasteiger partial charge in [0.2, 0.25) is 0 Å². The molecule has 0 bridgehead atoms. The molecule has 1 aromatic carbocycles. The van der Waals surface area contributed by atoms with Crippen LogP contribution in [0.4, 0.5) is 0 Å². The second-order valence-corrected chi connectivity index (χ2v) is 20.1. The fourth-order valence-electron chi connectivity index (χ4n) is 10.1. The van der Waals surface area contributed by atoms with Crippen molar-refractivity contribution in [2.45, 2.75) is 246 Å². The molecule has 3 rings (SSSR count). The Morgan fingerprint density at radius 1 is 0.409 bits per heavy atom. The summed E-state index contributed by atoms with van der Waals surface area (Å²) in [5.74, 6) is 1.26. The average molecular weight is 915 g/mol. The van der Waals surface area contributed by atoms with Crippen LogP contribution in [0.2, 0.25) is 0 Å². The predicted molar refractivity (Wildman–Crippen MR) is 280 cm³/mol. The molecule has 8 nitrogen and oxygen atoms in total. The van der Waals surface area contributed by atoms with Gasteiger partial charge < -0.3 is 19.3 Å². The molecule has 2 heterocycles. The first kappa shape index (κ1) is 57.7. The molecule has 0 spiro atoms. The van der Waals surface area contributed by atoms with Crippen LogP contribution >= 0.6 is 0 Å². The highest BCUT2D eigenvalue weighted by molar-refractivity contribution is 5.72. The minimum Gasteiger partial charge on any atom is -0.363 e. The number of piperazine rings is 2. The molecule has 0 radical (unpaired) electrons. The second-order valence-electron chi connectivity index (χ2n) is 20.1. The van der Waals surface area contributed by atoms with Crippen LogP contribution in [-0.2, 0) is 9.47 Å². The molecule has 0 N–H and O–H groups in total. The van der Waals surface area contributed by atoms with Crippen LogP contribution in [0, 0.1) is 22.7 Å². The fraction of sp³-hybridized carbons (Fsp3) is 0.828. The summed E-state index contributed by atoms with van der Waals surface area (Å²) in [7, 11) is 0. The molecule has 1 aromatic rings. The SMILES string of the molecule is CCCCCCCCCCCCCCCCCCOC(C)N1CCN(C(=c2ccc(=C(C#N)C#N)cc2)N2CCN(C(C)OCCCCCCCCCCCCCCCCCC)CC2)CC1. The van der Waals surface area contributed by atoms with Gasteiger partial charge in [-0.15, -0.1) is 0 Å². The molecule has 2 saturated heterocycles. The molecule has 66 heavy (non-hydrogen) atoms. The lowest BCUT2D eigenvalue weighted by Gasteiger charge is -2.45. The fourth-order valence-corrected chi connectivity index (χ4v) is 10.1. The molecule has 2 aliphatic rings. The van der Waals surface area contributed by atoms with Crippen LogP contribution in [0.15, 0.2) is 24.3 Å². The minimum atomic E-state index is 0.126. The molecule has 2 unspecified atom stereocenters. The Morgan fingerprint density at radius 3 is 0.939 bits per heavy atom. The standard InChI is InChI=1S/C58H102N6O2/c1-5-7-9-11-13-15-17-19-21-23-25-27-29-31-33-35-49-65-53(3)61-41-45-63(46-42-61)58(56-39-37-55(38-40-56)57(51-59)52-60)64-47-43-62(44-48-64)54(4)66-50-36-34-32-30-28-26-24-22-20-18-16-14-12-10-8-6-2/h37-40,53-54H,5-36,41-50H2,1-4H3. The molecule has 0 amide bonds. The van der Waals surface area contributed by atoms with Crippen molar-refractivity contribution in [2.24, 2.45) is 0 Å². The van der Waals surface area contributed by atoms with Crippen molar-refractivity contribution in [1.29, 1.82) is 10.5 Å². The summed E-state index contributed by atoms with van der Waals surface area (Å²) in [5.41, 5.74) is 0.160. The quantitative estimate of drug-likeness (QED) is 0.0603. The Kier molecular flexibility index (Phi) is 34.3. The van der Waals surface area contributed by atoms with Gasteiger partial charge in [-0.05, 0) is 26.7 Å². The lowest BCUT2D eigenvalue weighted by Crippen LogP contribution is -2.56. The number of nitriles is 2. The Labute approximate surface area is 407 Å². The van der Waals surface area contributed by atoms with Crippen molar-refractivity contribution in [3.8, 4) is 12.1 Å². The van der Waals surface area contributed by atoms with E-state index in [1.165, 1.54) is 198 Å². The maximum Gasteiger partial charge on any atom is 0.136 e. The van der Waals surface area contributed by atoms with Crippen molar-refractivity contribution in [2.75, 3.05) is 65.6 Å². The van der Waals surface area contributed by atoms with Crippen molar-refractivity contribution < 1.29 is 9.47 Å². The largest absolute Gasteiger partial charge is 0.363 e. The summed E-state index contributed by atoms with van der Waals surface area (Å²) in [5, 5.41) is 20.8. The highest BCUT2D eigenvalue weighted by Crippen LogP contribution is 2.21. The molecule has 2 atom stereocenters. The third kappa shape index (κ3) is 25.7. The minimum absolute atomic E-state index is 0.126. The number of unbranched alkanes of at least 4 members (excludes halogenated alkanes) is 30. The zero-order valence-corrected chi connectivity index (χ0v) is 43.7. The van der Waals surface area contributed by atoms with Gasteiger partial charge in [-0.1, -0.05) is 231 Å². The normalized spacial score (nSPS) is 15.7. The first-order chi connectivity index (χ1) is 32.5. The average Bonchev–Trinajstić information content (AvgIpc) is 3.34. The summed E-state index contributed by atoms with van der Waals surface area (Å²) in [4.78, 5) is 10.1. The maximum atomic E-state index is 9.49. The molecule has 2 fully saturated rings. The molecule has 376 valence electrons. The monoisotopic (exact) mass is 915 g/mol. The predicted octanol–water partition coefficient (Wildman–Crippen LogP) is 13.4. The molecule has 0 saturated carbocycles. The van der Waals surface area contributed by atoms with E-state index in [-0.39, 0.29) is 18.0 Å². The van der Waals surface area contributed by atoms with E-state index < -0.39 is 0 Å². The number of hydrogen-bond donors (Lipinski definition) is 0. The van der Waals surface area contributed by atoms with Crippen molar-refractivity contribution in [3.63, 3.8) is 0 Å². The number of benzene rings is 1. The summed E-state index contributed by atoms with van der Waals surface area (Å²) >= 11 is 0. The molecular formula is C58H102N6O2. The lowest BCUT2D eigenvalue weighted by atomic mass is 10.0. The summed E-state index contributed by atoms with van der Waals surface area (Å²) < 4.78 is 12.8. The van der Waals surface area contributed by atoms with Crippen LogP contribution < -0.4 is 10.4 Å². The first-order valence-corrected chi connectivity index (χ1v) is 28.4. The maximum absolute atomic E-state index is 9.49. The van der Waals surface area contributed by atoms with Crippen molar-refractivity contribution in [3.05, 3.63) is 34.7 Å². The van der Waals surface area contributed by atoms with Crippen LogP contribution in [0.5, 0.6) is 0 Å². The third-order valence-corrected chi connectivity index (χ3v) is 14.6. The third-order valence-electron chi connectivity index (χ3n) is 14.6. The van der Waals surface area contributed by atoms with E-state index in [9.17, 15) is 10.5 Å². The lowest BCUT2D eigenvalue weighted by molar-refractivity contribution is -0.0678. The van der Waals surface area contributed by atoms with E-state index in [0.717, 1.165) is 83.6 Å². The summed E-state index contributed by atoms with van der Waals surface area (Å²) in [6.45, 7) is 18.4. The van der Waals surface area contributed by atoms with E-state index in [4.69, 9.17) is 9.47 Å². The number of nitrogens with zero attached hydrogens (tertiary/aromatic N) is 6. The smallest absolute Gasteiger partial charge is 0.136 e. The Balaban J connectivity index is 1.32. The van der Waals surface area contributed by atoms with Gasteiger partial charge >= 0.3 is 0 Å². The van der Waals surface area contributed by atoms with E-state index in [0.29, 0.717) is 5.22 Å². The zero-order valence-electron chi connectivity index (χ0n) is 43.7.